The minimum atomic E-state index is -0.271. The minimum Gasteiger partial charge on any atom is -0.339 e. The molecule has 4 nitrogen and oxygen atoms in total. The van der Waals surface area contributed by atoms with Gasteiger partial charge in [0, 0.05) is 18.0 Å². The van der Waals surface area contributed by atoms with Crippen LogP contribution in [0.3, 0.4) is 0 Å². The zero-order valence-corrected chi connectivity index (χ0v) is 11.4. The van der Waals surface area contributed by atoms with Crippen LogP contribution in [0.15, 0.2) is 22.7 Å². The zero-order chi connectivity index (χ0) is 14.0. The summed E-state index contributed by atoms with van der Waals surface area (Å²) in [5.74, 6) is 1.07. The fourth-order valence-electron chi connectivity index (χ4n) is 1.76. The number of aromatic nitrogens is 2. The van der Waals surface area contributed by atoms with Crippen LogP contribution in [0.2, 0.25) is 0 Å². The van der Waals surface area contributed by atoms with E-state index >= 15 is 0 Å². The number of hydrogen-bond donors (Lipinski definition) is 1. The summed E-state index contributed by atoms with van der Waals surface area (Å²) in [6.45, 7) is 5.91. The van der Waals surface area contributed by atoms with E-state index in [2.05, 4.69) is 10.1 Å². The van der Waals surface area contributed by atoms with Gasteiger partial charge in [0.25, 0.3) is 0 Å². The molecule has 102 valence electrons. The van der Waals surface area contributed by atoms with Crippen LogP contribution in [0.5, 0.6) is 0 Å². The van der Waals surface area contributed by atoms with E-state index in [1.165, 1.54) is 12.1 Å². The number of rotatable bonds is 4. The molecule has 0 aliphatic heterocycles. The van der Waals surface area contributed by atoms with Crippen molar-refractivity contribution in [3.05, 3.63) is 35.5 Å². The molecule has 0 radical (unpaired) electrons. The van der Waals surface area contributed by atoms with Crippen LogP contribution in [-0.2, 0) is 6.42 Å². The molecule has 0 saturated carbocycles. The predicted octanol–water partition coefficient (Wildman–Crippen LogP) is 2.71. The van der Waals surface area contributed by atoms with Crippen molar-refractivity contribution < 1.29 is 8.91 Å². The lowest BCUT2D eigenvalue weighted by molar-refractivity contribution is 0.353. The van der Waals surface area contributed by atoms with Crippen molar-refractivity contribution in [2.75, 3.05) is 0 Å². The first-order chi connectivity index (χ1) is 8.97. The first-order valence-corrected chi connectivity index (χ1v) is 6.32. The van der Waals surface area contributed by atoms with Gasteiger partial charge in [0.15, 0.2) is 0 Å². The third kappa shape index (κ3) is 3.17. The zero-order valence-electron chi connectivity index (χ0n) is 11.4. The summed E-state index contributed by atoms with van der Waals surface area (Å²) in [6, 6.07) is 4.48. The number of benzene rings is 1. The second kappa shape index (κ2) is 5.48. The van der Waals surface area contributed by atoms with E-state index in [0.29, 0.717) is 24.1 Å². The van der Waals surface area contributed by atoms with E-state index in [9.17, 15) is 4.39 Å². The Balaban J connectivity index is 2.21. The minimum absolute atomic E-state index is 0.0115. The van der Waals surface area contributed by atoms with Gasteiger partial charge in [-0.05, 0) is 36.6 Å². The molecule has 2 N–H and O–H groups in total. The molecule has 1 unspecified atom stereocenters. The number of halogens is 1. The molecule has 2 aromatic rings. The van der Waals surface area contributed by atoms with Crippen molar-refractivity contribution in [2.24, 2.45) is 11.7 Å². The van der Waals surface area contributed by atoms with Crippen LogP contribution >= 0.6 is 0 Å². The molecule has 0 spiro atoms. The molecule has 0 aliphatic carbocycles. The number of nitrogens with zero attached hydrogens (tertiary/aromatic N) is 2. The van der Waals surface area contributed by atoms with Crippen molar-refractivity contribution in [3.8, 4) is 11.4 Å². The van der Waals surface area contributed by atoms with Gasteiger partial charge < -0.3 is 10.3 Å². The monoisotopic (exact) mass is 263 g/mol. The van der Waals surface area contributed by atoms with Crippen molar-refractivity contribution >= 4 is 0 Å². The molecular weight excluding hydrogens is 245 g/mol. The quantitative estimate of drug-likeness (QED) is 0.921. The first kappa shape index (κ1) is 13.7. The number of hydrogen-bond acceptors (Lipinski definition) is 4. The van der Waals surface area contributed by atoms with Gasteiger partial charge in [-0.3, -0.25) is 0 Å². The van der Waals surface area contributed by atoms with Gasteiger partial charge in [-0.15, -0.1) is 0 Å². The summed E-state index contributed by atoms with van der Waals surface area (Å²) in [4.78, 5) is 4.31. The Bertz CT molecular complexity index is 566. The maximum atomic E-state index is 13.0. The smallest absolute Gasteiger partial charge is 0.228 e. The molecule has 2 rings (SSSR count). The summed E-state index contributed by atoms with van der Waals surface area (Å²) < 4.78 is 18.2. The highest BCUT2D eigenvalue weighted by molar-refractivity contribution is 5.59. The van der Waals surface area contributed by atoms with E-state index < -0.39 is 0 Å². The largest absolute Gasteiger partial charge is 0.339 e. The summed E-state index contributed by atoms with van der Waals surface area (Å²) in [5.41, 5.74) is 7.52. The molecule has 0 saturated heterocycles. The third-order valence-corrected chi connectivity index (χ3v) is 3.16. The Hall–Kier alpha value is -1.75. The van der Waals surface area contributed by atoms with Crippen molar-refractivity contribution in [1.29, 1.82) is 0 Å². The molecule has 5 heteroatoms. The Kier molecular flexibility index (Phi) is 3.95. The van der Waals surface area contributed by atoms with Crippen LogP contribution in [0.1, 0.15) is 25.3 Å². The molecular formula is C14H18FN3O. The summed E-state index contributed by atoms with van der Waals surface area (Å²) >= 11 is 0. The lowest BCUT2D eigenvalue weighted by Crippen LogP contribution is -2.28. The lowest BCUT2D eigenvalue weighted by atomic mass is 10.0. The van der Waals surface area contributed by atoms with E-state index in [0.717, 1.165) is 11.1 Å². The Morgan fingerprint density at radius 2 is 2.11 bits per heavy atom. The van der Waals surface area contributed by atoms with Gasteiger partial charge in [0.2, 0.25) is 11.7 Å². The summed E-state index contributed by atoms with van der Waals surface area (Å²) in [5, 5.41) is 3.93. The SMILES string of the molecule is Cc1cc(F)ccc1-c1noc(CC(N)C(C)C)n1. The Morgan fingerprint density at radius 3 is 2.74 bits per heavy atom. The normalized spacial score (nSPS) is 12.9. The predicted molar refractivity (Wildman–Crippen MR) is 70.9 cm³/mol. The average Bonchev–Trinajstić information content (AvgIpc) is 2.77. The third-order valence-electron chi connectivity index (χ3n) is 3.16. The topological polar surface area (TPSA) is 64.9 Å². The van der Waals surface area contributed by atoms with Gasteiger partial charge in [-0.2, -0.15) is 4.98 Å². The van der Waals surface area contributed by atoms with Crippen LogP contribution in [0.25, 0.3) is 11.4 Å². The highest BCUT2D eigenvalue weighted by Gasteiger charge is 2.15. The van der Waals surface area contributed by atoms with Gasteiger partial charge in [0.1, 0.15) is 5.82 Å². The highest BCUT2D eigenvalue weighted by Crippen LogP contribution is 2.21. The second-order valence-electron chi connectivity index (χ2n) is 5.08. The van der Waals surface area contributed by atoms with Gasteiger partial charge in [0.05, 0.1) is 0 Å². The molecule has 1 aromatic carbocycles. The summed E-state index contributed by atoms with van der Waals surface area (Å²) in [7, 11) is 0. The van der Waals surface area contributed by atoms with Crippen LogP contribution in [0.4, 0.5) is 4.39 Å². The van der Waals surface area contributed by atoms with Crippen molar-refractivity contribution in [1.82, 2.24) is 10.1 Å². The molecule has 1 atom stereocenters. The Morgan fingerprint density at radius 1 is 1.37 bits per heavy atom. The van der Waals surface area contributed by atoms with E-state index in [-0.39, 0.29) is 11.9 Å². The van der Waals surface area contributed by atoms with Crippen LogP contribution < -0.4 is 5.73 Å². The standard InChI is InChI=1S/C14H18FN3O/c1-8(2)12(16)7-13-17-14(18-19-13)11-5-4-10(15)6-9(11)3/h4-6,8,12H,7,16H2,1-3H3. The van der Waals surface area contributed by atoms with Crippen LogP contribution in [0, 0.1) is 18.7 Å². The van der Waals surface area contributed by atoms with E-state index in [4.69, 9.17) is 10.3 Å². The fraction of sp³-hybridized carbons (Fsp3) is 0.429. The number of nitrogens with two attached hydrogens (primary N) is 1. The molecule has 0 bridgehead atoms. The lowest BCUT2D eigenvalue weighted by Gasteiger charge is -2.11. The maximum Gasteiger partial charge on any atom is 0.228 e. The second-order valence-corrected chi connectivity index (χ2v) is 5.08. The average molecular weight is 263 g/mol. The molecule has 19 heavy (non-hydrogen) atoms. The fourth-order valence-corrected chi connectivity index (χ4v) is 1.76. The van der Waals surface area contributed by atoms with Crippen molar-refractivity contribution in [3.63, 3.8) is 0 Å². The number of aryl methyl sites for hydroxylation is 1. The van der Waals surface area contributed by atoms with Gasteiger partial charge in [-0.25, -0.2) is 4.39 Å². The Labute approximate surface area is 111 Å². The molecule has 0 amide bonds. The van der Waals surface area contributed by atoms with Gasteiger partial charge >= 0.3 is 0 Å². The van der Waals surface area contributed by atoms with Gasteiger partial charge in [-0.1, -0.05) is 19.0 Å². The molecule has 1 heterocycles. The highest BCUT2D eigenvalue weighted by atomic mass is 19.1. The first-order valence-electron chi connectivity index (χ1n) is 6.32. The molecule has 0 fully saturated rings. The molecule has 0 aliphatic rings. The maximum absolute atomic E-state index is 13.0. The summed E-state index contributed by atoms with van der Waals surface area (Å²) in [6.07, 6.45) is 0.547. The molecule has 1 aromatic heterocycles. The van der Waals surface area contributed by atoms with E-state index in [1.807, 2.05) is 20.8 Å². The van der Waals surface area contributed by atoms with Crippen LogP contribution in [-0.4, -0.2) is 16.2 Å². The van der Waals surface area contributed by atoms with E-state index in [1.54, 1.807) is 6.07 Å². The van der Waals surface area contributed by atoms with Crippen molar-refractivity contribution in [2.45, 2.75) is 33.2 Å².